The highest BCUT2D eigenvalue weighted by Gasteiger charge is 2.56. The largest absolute Gasteiger partial charge is 0.389 e. The number of nitrogens with zero attached hydrogens (tertiary/aromatic N) is 1. The van der Waals surface area contributed by atoms with E-state index >= 15 is 0 Å². The van der Waals surface area contributed by atoms with Crippen molar-refractivity contribution in [3.8, 4) is 0 Å². The molecule has 0 aromatic rings. The van der Waals surface area contributed by atoms with Crippen LogP contribution in [-0.2, 0) is 4.79 Å². The summed E-state index contributed by atoms with van der Waals surface area (Å²) in [6.07, 6.45) is 0.769. The fraction of sp³-hybridized carbons (Fsp3) is 0.917. The van der Waals surface area contributed by atoms with Crippen molar-refractivity contribution in [1.29, 1.82) is 0 Å². The molecule has 5 nitrogen and oxygen atoms in total. The molecule has 0 aromatic heterocycles. The highest BCUT2D eigenvalue weighted by atomic mass is 16.6. The first kappa shape index (κ1) is 14.1. The van der Waals surface area contributed by atoms with Crippen LogP contribution in [0.1, 0.15) is 47.0 Å². The number of aliphatic hydroxyl groups is 1. The van der Waals surface area contributed by atoms with E-state index in [1.54, 1.807) is 20.8 Å². The zero-order valence-corrected chi connectivity index (χ0v) is 10.9. The minimum Gasteiger partial charge on any atom is -0.389 e. The van der Waals surface area contributed by atoms with Crippen LogP contribution < -0.4 is 0 Å². The van der Waals surface area contributed by atoms with Gasteiger partial charge in [-0.1, -0.05) is 13.8 Å². The Kier molecular flexibility index (Phi) is 3.62. The molecule has 0 radical (unpaired) electrons. The monoisotopic (exact) mass is 243 g/mol. The van der Waals surface area contributed by atoms with Crippen LogP contribution in [0.4, 0.5) is 0 Å². The van der Waals surface area contributed by atoms with Gasteiger partial charge in [0.15, 0.2) is 0 Å². The predicted octanol–water partition coefficient (Wildman–Crippen LogP) is 1.80. The Morgan fingerprint density at radius 2 is 2.00 bits per heavy atom. The van der Waals surface area contributed by atoms with E-state index in [2.05, 4.69) is 0 Å². The molecule has 1 rings (SSSR count). The van der Waals surface area contributed by atoms with E-state index in [1.807, 2.05) is 0 Å². The summed E-state index contributed by atoms with van der Waals surface area (Å²) in [6.45, 7) is 6.61. The topological polar surface area (TPSA) is 80.4 Å². The van der Waals surface area contributed by atoms with E-state index in [0.717, 1.165) is 0 Å². The second-order valence-corrected chi connectivity index (χ2v) is 5.74. The van der Waals surface area contributed by atoms with Crippen molar-refractivity contribution >= 4 is 5.78 Å². The molecule has 0 unspecified atom stereocenters. The fourth-order valence-corrected chi connectivity index (χ4v) is 2.80. The standard InChI is InChI=1S/C12H21NO4/c1-8(2)12(13(16)17)6-5-11(4,15)10(7-12)9(3)14/h8,10,15H,5-7H2,1-4H3/t10-,11-,12-/m0/s1. The second-order valence-electron chi connectivity index (χ2n) is 5.74. The highest BCUT2D eigenvalue weighted by Crippen LogP contribution is 2.44. The molecule has 5 heteroatoms. The minimum absolute atomic E-state index is 0.139. The number of hydrogen-bond acceptors (Lipinski definition) is 4. The summed E-state index contributed by atoms with van der Waals surface area (Å²) in [5, 5.41) is 21.5. The van der Waals surface area contributed by atoms with Crippen LogP contribution in [0, 0.1) is 22.0 Å². The number of nitro groups is 1. The van der Waals surface area contributed by atoms with E-state index in [9.17, 15) is 20.0 Å². The van der Waals surface area contributed by atoms with Crippen molar-refractivity contribution in [3.05, 3.63) is 10.1 Å². The van der Waals surface area contributed by atoms with Gasteiger partial charge in [0.1, 0.15) is 5.78 Å². The molecule has 3 atom stereocenters. The zero-order valence-electron chi connectivity index (χ0n) is 10.9. The summed E-state index contributed by atoms with van der Waals surface area (Å²) >= 11 is 0. The minimum atomic E-state index is -1.11. The molecule has 1 aliphatic rings. The average molecular weight is 243 g/mol. The van der Waals surface area contributed by atoms with Gasteiger partial charge in [-0.25, -0.2) is 0 Å². The number of rotatable bonds is 3. The third-order valence-corrected chi connectivity index (χ3v) is 4.30. The molecule has 98 valence electrons. The van der Waals surface area contributed by atoms with Crippen molar-refractivity contribution < 1.29 is 14.8 Å². The Bertz CT molecular complexity index is 337. The van der Waals surface area contributed by atoms with E-state index in [4.69, 9.17) is 0 Å². The number of hydrogen-bond donors (Lipinski definition) is 1. The van der Waals surface area contributed by atoms with E-state index in [-0.39, 0.29) is 23.0 Å². The van der Waals surface area contributed by atoms with Crippen LogP contribution in [0.25, 0.3) is 0 Å². The van der Waals surface area contributed by atoms with Crippen LogP contribution in [0.2, 0.25) is 0 Å². The molecular weight excluding hydrogens is 222 g/mol. The molecular formula is C12H21NO4. The molecule has 0 amide bonds. The van der Waals surface area contributed by atoms with Crippen molar-refractivity contribution in [1.82, 2.24) is 0 Å². The molecule has 1 fully saturated rings. The highest BCUT2D eigenvalue weighted by molar-refractivity contribution is 5.79. The van der Waals surface area contributed by atoms with Crippen LogP contribution >= 0.6 is 0 Å². The number of carbonyl (C=O) groups excluding carboxylic acids is 1. The lowest BCUT2D eigenvalue weighted by atomic mass is 9.63. The maximum absolute atomic E-state index is 11.6. The molecule has 0 aliphatic heterocycles. The van der Waals surface area contributed by atoms with Gasteiger partial charge in [-0.2, -0.15) is 0 Å². The maximum atomic E-state index is 11.6. The van der Waals surface area contributed by atoms with Gasteiger partial charge >= 0.3 is 0 Å². The first-order valence-electron chi connectivity index (χ1n) is 6.01. The van der Waals surface area contributed by atoms with Crippen LogP contribution in [-0.4, -0.2) is 27.0 Å². The van der Waals surface area contributed by atoms with E-state index in [0.29, 0.717) is 12.8 Å². The van der Waals surface area contributed by atoms with Gasteiger partial charge in [0, 0.05) is 23.7 Å². The van der Waals surface area contributed by atoms with Gasteiger partial charge < -0.3 is 5.11 Å². The molecule has 0 saturated heterocycles. The van der Waals surface area contributed by atoms with Gasteiger partial charge in [-0.15, -0.1) is 0 Å². The van der Waals surface area contributed by atoms with Gasteiger partial charge in [0.2, 0.25) is 5.54 Å². The Morgan fingerprint density at radius 1 is 1.47 bits per heavy atom. The Labute approximate surface area is 101 Å². The van der Waals surface area contributed by atoms with Gasteiger partial charge in [-0.3, -0.25) is 14.9 Å². The first-order chi connectivity index (χ1) is 7.63. The Morgan fingerprint density at radius 3 is 2.35 bits per heavy atom. The van der Waals surface area contributed by atoms with E-state index in [1.165, 1.54) is 6.92 Å². The third-order valence-electron chi connectivity index (χ3n) is 4.30. The van der Waals surface area contributed by atoms with Crippen molar-refractivity contribution in [3.63, 3.8) is 0 Å². The van der Waals surface area contributed by atoms with Gasteiger partial charge in [-0.05, 0) is 20.3 Å². The number of Topliss-reactive ketones (excluding diaryl/α,β-unsaturated/α-hetero) is 1. The van der Waals surface area contributed by atoms with Crippen molar-refractivity contribution in [2.24, 2.45) is 11.8 Å². The number of carbonyl (C=O) groups is 1. The van der Waals surface area contributed by atoms with Crippen molar-refractivity contribution in [2.45, 2.75) is 58.1 Å². The van der Waals surface area contributed by atoms with Crippen LogP contribution in [0.15, 0.2) is 0 Å². The lowest BCUT2D eigenvalue weighted by Gasteiger charge is -2.43. The van der Waals surface area contributed by atoms with Crippen LogP contribution in [0.3, 0.4) is 0 Å². The molecule has 1 saturated carbocycles. The quantitative estimate of drug-likeness (QED) is 0.605. The predicted molar refractivity (Wildman–Crippen MR) is 63.2 cm³/mol. The molecule has 0 bridgehead atoms. The normalized spacial score (nSPS) is 38.1. The molecule has 0 heterocycles. The lowest BCUT2D eigenvalue weighted by molar-refractivity contribution is -0.587. The number of ketones is 1. The summed E-state index contributed by atoms with van der Waals surface area (Å²) in [4.78, 5) is 22.6. The molecule has 17 heavy (non-hydrogen) atoms. The zero-order chi connectivity index (χ0) is 13.4. The van der Waals surface area contributed by atoms with Gasteiger partial charge in [0.25, 0.3) is 0 Å². The fourth-order valence-electron chi connectivity index (χ4n) is 2.80. The maximum Gasteiger partial charge on any atom is 0.225 e. The summed E-state index contributed by atoms with van der Waals surface area (Å²) in [5.74, 6) is -0.943. The van der Waals surface area contributed by atoms with Gasteiger partial charge in [0.05, 0.1) is 11.5 Å². The Hall–Kier alpha value is -0.970. The third kappa shape index (κ3) is 2.34. The smallest absolute Gasteiger partial charge is 0.225 e. The Balaban J connectivity index is 3.09. The summed E-state index contributed by atoms with van der Waals surface area (Å²) in [5.41, 5.74) is -2.18. The summed E-state index contributed by atoms with van der Waals surface area (Å²) < 4.78 is 0. The van der Waals surface area contributed by atoms with Crippen LogP contribution in [0.5, 0.6) is 0 Å². The average Bonchev–Trinajstić information content (AvgIpc) is 2.15. The summed E-state index contributed by atoms with van der Waals surface area (Å²) in [6, 6.07) is 0. The molecule has 1 N–H and O–H groups in total. The first-order valence-corrected chi connectivity index (χ1v) is 6.01. The summed E-state index contributed by atoms with van der Waals surface area (Å²) in [7, 11) is 0. The molecule has 1 aliphatic carbocycles. The van der Waals surface area contributed by atoms with Crippen molar-refractivity contribution in [2.75, 3.05) is 0 Å². The second kappa shape index (κ2) is 4.37. The lowest BCUT2D eigenvalue weighted by Crippen LogP contribution is -2.56. The molecule has 0 aromatic carbocycles. The molecule has 0 spiro atoms. The SMILES string of the molecule is CC(=O)[C@@H]1C[C@@](C(C)C)([N+](=O)[O-])CC[C@]1(C)O. The van der Waals surface area contributed by atoms with E-state index < -0.39 is 17.1 Å².